The molecule has 1 amide bonds. The maximum absolute atomic E-state index is 13.4. The first kappa shape index (κ1) is 23.2. The zero-order valence-electron chi connectivity index (χ0n) is 17.5. The molecule has 0 aliphatic heterocycles. The summed E-state index contributed by atoms with van der Waals surface area (Å²) in [6.45, 7) is 5.52. The lowest BCUT2D eigenvalue weighted by atomic mass is 10.1. The number of pyridine rings is 2. The lowest BCUT2D eigenvalue weighted by Gasteiger charge is -2.24. The van der Waals surface area contributed by atoms with Crippen LogP contribution >= 0.6 is 22.9 Å². The molecule has 3 aromatic heterocycles. The molecule has 7 nitrogen and oxygen atoms in total. The number of nitrogens with zero attached hydrogens (tertiary/aromatic N) is 3. The normalized spacial score (nSPS) is 11.9. The van der Waals surface area contributed by atoms with Crippen LogP contribution < -0.4 is 0 Å². The first-order chi connectivity index (χ1) is 14.5. The van der Waals surface area contributed by atoms with Gasteiger partial charge in [-0.2, -0.15) is 0 Å². The van der Waals surface area contributed by atoms with Gasteiger partial charge in [-0.1, -0.05) is 11.6 Å². The van der Waals surface area contributed by atoms with E-state index < -0.39 is 21.5 Å². The number of halogens is 1. The van der Waals surface area contributed by atoms with Crippen LogP contribution in [0, 0.1) is 0 Å². The van der Waals surface area contributed by atoms with Gasteiger partial charge in [0.15, 0.2) is 0 Å². The molecule has 0 atom stereocenters. The lowest BCUT2D eigenvalue weighted by Crippen LogP contribution is -2.33. The highest BCUT2D eigenvalue weighted by Gasteiger charge is 2.28. The summed E-state index contributed by atoms with van der Waals surface area (Å²) < 4.78 is 32.2. The molecule has 3 aromatic rings. The van der Waals surface area contributed by atoms with Gasteiger partial charge >= 0.3 is 6.09 Å². The topological polar surface area (TPSA) is 89.5 Å². The van der Waals surface area contributed by atoms with Crippen LogP contribution in [0.25, 0.3) is 11.1 Å². The number of carbonyl (C=O) groups is 1. The van der Waals surface area contributed by atoms with E-state index in [1.54, 1.807) is 52.1 Å². The summed E-state index contributed by atoms with van der Waals surface area (Å²) in [5.41, 5.74) is 0.290. The fourth-order valence-corrected chi connectivity index (χ4v) is 6.08. The summed E-state index contributed by atoms with van der Waals surface area (Å²) in [5.74, 6) is 0. The number of thiophene rings is 1. The number of aromatic nitrogens is 2. The average molecular weight is 480 g/mol. The van der Waals surface area contributed by atoms with Gasteiger partial charge in [0.25, 0.3) is 0 Å². The molecule has 0 saturated carbocycles. The monoisotopic (exact) mass is 479 g/mol. The van der Waals surface area contributed by atoms with Crippen molar-refractivity contribution in [3.63, 3.8) is 0 Å². The van der Waals surface area contributed by atoms with Crippen LogP contribution in [0.1, 0.15) is 25.6 Å². The molecular weight excluding hydrogens is 458 g/mol. The summed E-state index contributed by atoms with van der Waals surface area (Å²) in [4.78, 5) is 22.5. The minimum atomic E-state index is -3.86. The molecule has 0 saturated heterocycles. The Morgan fingerprint density at radius 3 is 2.52 bits per heavy atom. The molecule has 3 heterocycles. The molecule has 10 heteroatoms. The molecule has 0 aromatic carbocycles. The van der Waals surface area contributed by atoms with E-state index in [4.69, 9.17) is 16.3 Å². The van der Waals surface area contributed by atoms with Crippen molar-refractivity contribution in [3.05, 3.63) is 59.0 Å². The van der Waals surface area contributed by atoms with Gasteiger partial charge in [-0.3, -0.25) is 4.98 Å². The van der Waals surface area contributed by atoms with E-state index in [0.29, 0.717) is 16.0 Å². The number of rotatable bonds is 5. The predicted molar refractivity (Wildman–Crippen MR) is 120 cm³/mol. The van der Waals surface area contributed by atoms with Crippen LogP contribution in [0.2, 0.25) is 5.15 Å². The minimum Gasteiger partial charge on any atom is -0.444 e. The van der Waals surface area contributed by atoms with Gasteiger partial charge in [0, 0.05) is 41.6 Å². The smallest absolute Gasteiger partial charge is 0.410 e. The van der Waals surface area contributed by atoms with Crippen molar-refractivity contribution >= 4 is 38.9 Å². The minimum absolute atomic E-state index is 0.0742. The van der Waals surface area contributed by atoms with Crippen molar-refractivity contribution in [2.45, 2.75) is 42.0 Å². The largest absolute Gasteiger partial charge is 0.444 e. The fourth-order valence-electron chi connectivity index (χ4n) is 2.73. The van der Waals surface area contributed by atoms with Gasteiger partial charge in [-0.05, 0) is 51.1 Å². The van der Waals surface area contributed by atoms with Crippen molar-refractivity contribution in [1.82, 2.24) is 14.9 Å². The highest BCUT2D eigenvalue weighted by molar-refractivity contribution is 7.93. The third-order valence-electron chi connectivity index (χ3n) is 4.09. The van der Waals surface area contributed by atoms with E-state index in [2.05, 4.69) is 9.97 Å². The number of hydrogen-bond donors (Lipinski definition) is 0. The highest BCUT2D eigenvalue weighted by Crippen LogP contribution is 2.40. The first-order valence-electron chi connectivity index (χ1n) is 9.32. The van der Waals surface area contributed by atoms with Gasteiger partial charge in [-0.25, -0.2) is 18.2 Å². The quantitative estimate of drug-likeness (QED) is 0.475. The molecule has 0 fully saturated rings. The van der Waals surface area contributed by atoms with E-state index >= 15 is 0 Å². The molecule has 0 bridgehead atoms. The Kier molecular flexibility index (Phi) is 6.68. The van der Waals surface area contributed by atoms with Crippen molar-refractivity contribution in [2.75, 3.05) is 7.05 Å². The second kappa shape index (κ2) is 8.94. The SMILES string of the molecule is CN(Cc1cc(-c2cccnc2Cl)c(S(=O)(=O)c2cccnc2)s1)C(=O)OC(C)(C)C. The van der Waals surface area contributed by atoms with Gasteiger partial charge in [-0.15, -0.1) is 11.3 Å². The molecule has 0 aliphatic carbocycles. The Balaban J connectivity index is 2.05. The molecule has 0 N–H and O–H groups in total. The van der Waals surface area contributed by atoms with Crippen LogP contribution in [0.15, 0.2) is 58.0 Å². The fraction of sp³-hybridized carbons (Fsp3) is 0.286. The van der Waals surface area contributed by atoms with Crippen molar-refractivity contribution in [3.8, 4) is 11.1 Å². The van der Waals surface area contributed by atoms with E-state index in [0.717, 1.165) is 11.3 Å². The number of carbonyl (C=O) groups excluding carboxylic acids is 1. The van der Waals surface area contributed by atoms with Crippen LogP contribution in [0.3, 0.4) is 0 Å². The van der Waals surface area contributed by atoms with E-state index in [1.807, 2.05) is 0 Å². The van der Waals surface area contributed by atoms with E-state index in [-0.39, 0.29) is 20.8 Å². The maximum atomic E-state index is 13.4. The van der Waals surface area contributed by atoms with Crippen molar-refractivity contribution < 1.29 is 17.9 Å². The number of amides is 1. The summed E-state index contributed by atoms with van der Waals surface area (Å²) in [7, 11) is -2.27. The third kappa shape index (κ3) is 5.41. The van der Waals surface area contributed by atoms with E-state index in [9.17, 15) is 13.2 Å². The summed E-state index contributed by atoms with van der Waals surface area (Å²) in [6.07, 6.45) is 3.84. The van der Waals surface area contributed by atoms with Crippen LogP contribution in [-0.4, -0.2) is 42.0 Å². The predicted octanol–water partition coefficient (Wildman–Crippen LogP) is 5.06. The van der Waals surface area contributed by atoms with Gasteiger partial charge < -0.3 is 9.64 Å². The van der Waals surface area contributed by atoms with E-state index in [1.165, 1.54) is 29.6 Å². The second-order valence-corrected chi connectivity index (χ2v) is 11.4. The zero-order chi connectivity index (χ0) is 22.8. The highest BCUT2D eigenvalue weighted by atomic mass is 35.5. The molecule has 0 spiro atoms. The standard InChI is InChI=1S/C21H22ClN3O4S2/c1-21(2,3)29-20(26)25(4)13-14-11-17(16-8-6-10-24-18(16)22)19(30-14)31(27,28)15-7-5-9-23-12-15/h5-12H,13H2,1-4H3. The number of sulfone groups is 1. The second-order valence-electron chi connectivity index (χ2n) is 7.78. The Morgan fingerprint density at radius 2 is 1.90 bits per heavy atom. The van der Waals surface area contributed by atoms with Crippen LogP contribution in [0.4, 0.5) is 4.79 Å². The molecule has 0 radical (unpaired) electrons. The molecule has 0 unspecified atom stereocenters. The van der Waals surface area contributed by atoms with Gasteiger partial charge in [0.2, 0.25) is 9.84 Å². The average Bonchev–Trinajstić information content (AvgIpc) is 3.12. The summed E-state index contributed by atoms with van der Waals surface area (Å²) >= 11 is 7.34. The first-order valence-corrected chi connectivity index (χ1v) is 12.0. The van der Waals surface area contributed by atoms with Crippen molar-refractivity contribution in [2.24, 2.45) is 0 Å². The van der Waals surface area contributed by atoms with Crippen molar-refractivity contribution in [1.29, 1.82) is 0 Å². The Bertz CT molecular complexity index is 1190. The summed E-state index contributed by atoms with van der Waals surface area (Å²) in [6, 6.07) is 8.17. The lowest BCUT2D eigenvalue weighted by molar-refractivity contribution is 0.0286. The molecular formula is C21H22ClN3O4S2. The van der Waals surface area contributed by atoms with Crippen LogP contribution in [0.5, 0.6) is 0 Å². The summed E-state index contributed by atoms with van der Waals surface area (Å²) in [5, 5.41) is 0.190. The van der Waals surface area contributed by atoms with Crippen LogP contribution in [-0.2, 0) is 21.1 Å². The Hall–Kier alpha value is -2.49. The molecule has 31 heavy (non-hydrogen) atoms. The molecule has 164 valence electrons. The molecule has 0 aliphatic rings. The number of ether oxygens (including phenoxy) is 1. The number of hydrogen-bond acceptors (Lipinski definition) is 7. The maximum Gasteiger partial charge on any atom is 0.410 e. The van der Waals surface area contributed by atoms with Gasteiger partial charge in [0.1, 0.15) is 15.0 Å². The molecule has 3 rings (SSSR count). The Morgan fingerprint density at radius 1 is 1.19 bits per heavy atom. The zero-order valence-corrected chi connectivity index (χ0v) is 19.9. The third-order valence-corrected chi connectivity index (χ3v) is 7.78. The van der Waals surface area contributed by atoms with Gasteiger partial charge in [0.05, 0.1) is 11.4 Å². The Labute approximate surface area is 190 Å².